The highest BCUT2D eigenvalue weighted by atomic mass is 79.9. The lowest BCUT2D eigenvalue weighted by molar-refractivity contribution is 0.0695. The number of carboxylic acids is 1. The normalized spacial score (nSPS) is 9.83. The van der Waals surface area contributed by atoms with Gasteiger partial charge in [-0.15, -0.1) is 0 Å². The van der Waals surface area contributed by atoms with Crippen LogP contribution in [0, 0.1) is 41.5 Å². The first kappa shape index (κ1) is 50.6. The number of nitrogens with one attached hydrogen (secondary N) is 2. The second kappa shape index (κ2) is 25.9. The fraction of sp³-hybridized carbons (Fsp3) is 0.143. The minimum absolute atomic E-state index is 0.146. The summed E-state index contributed by atoms with van der Waals surface area (Å²) in [6.45, 7) is 11.3. The van der Waals surface area contributed by atoms with Crippen LogP contribution in [0.5, 0.6) is 0 Å². The second-order valence-electron chi connectivity index (χ2n) is 12.3. The lowest BCUT2D eigenvalue weighted by Crippen LogP contribution is -2.14. The molecule has 11 nitrogen and oxygen atoms in total. The zero-order valence-electron chi connectivity index (χ0n) is 32.7. The van der Waals surface area contributed by atoms with Crippen molar-refractivity contribution in [3.63, 3.8) is 0 Å². The molecule has 0 radical (unpaired) electrons. The van der Waals surface area contributed by atoms with Crippen LogP contribution < -0.4 is 16.4 Å². The van der Waals surface area contributed by atoms with Crippen molar-refractivity contribution in [3.05, 3.63) is 173 Å². The molecule has 0 aliphatic rings. The molecule has 59 heavy (non-hydrogen) atoms. The number of benzene rings is 3. The summed E-state index contributed by atoms with van der Waals surface area (Å²) in [5.41, 5.74) is 12.3. The number of carboxylic acid groups (broad SMARTS) is 1. The van der Waals surface area contributed by atoms with E-state index in [9.17, 15) is 14.4 Å². The molecule has 0 bridgehead atoms. The van der Waals surface area contributed by atoms with Gasteiger partial charge in [-0.1, -0.05) is 84.2 Å². The zero-order chi connectivity index (χ0) is 44.2. The Morgan fingerprint density at radius 3 is 1.17 bits per heavy atom. The molecule has 6 aromatic rings. The van der Waals surface area contributed by atoms with E-state index in [1.54, 1.807) is 49.4 Å². The van der Waals surface area contributed by atoms with Gasteiger partial charge in [0.05, 0.1) is 5.56 Å². The van der Waals surface area contributed by atoms with Crippen molar-refractivity contribution in [2.75, 3.05) is 16.4 Å². The number of nitrogens with zero attached hydrogens (tertiary/aromatic N) is 3. The average Bonchev–Trinajstić information content (AvgIpc) is 3.15. The van der Waals surface area contributed by atoms with Gasteiger partial charge in [-0.2, -0.15) is 0 Å². The fourth-order valence-corrected chi connectivity index (χ4v) is 5.74. The van der Waals surface area contributed by atoms with E-state index in [1.807, 2.05) is 101 Å². The van der Waals surface area contributed by atoms with E-state index in [0.29, 0.717) is 34.1 Å². The summed E-state index contributed by atoms with van der Waals surface area (Å²) in [4.78, 5) is 47.3. The van der Waals surface area contributed by atoms with Gasteiger partial charge in [0, 0.05) is 63.0 Å². The van der Waals surface area contributed by atoms with Crippen LogP contribution in [0.25, 0.3) is 0 Å². The van der Waals surface area contributed by atoms with Gasteiger partial charge in [0.1, 0.15) is 17.5 Å². The van der Waals surface area contributed by atoms with Crippen LogP contribution in [0.4, 0.5) is 17.5 Å². The molecule has 3 heterocycles. The molecule has 310 valence electrons. The van der Waals surface area contributed by atoms with Crippen molar-refractivity contribution in [2.24, 2.45) is 0 Å². The van der Waals surface area contributed by atoms with Gasteiger partial charge in [-0.3, -0.25) is 9.59 Å². The van der Waals surface area contributed by atoms with Gasteiger partial charge in [0.2, 0.25) is 9.23 Å². The first-order valence-corrected chi connectivity index (χ1v) is 22.4. The Morgan fingerprint density at radius 2 is 0.881 bits per heavy atom. The minimum Gasteiger partial charge on any atom is -0.478 e. The Bertz CT molecular complexity index is 2280. The number of pyridine rings is 3. The van der Waals surface area contributed by atoms with Crippen molar-refractivity contribution in [3.8, 4) is 0 Å². The van der Waals surface area contributed by atoms with Crippen molar-refractivity contribution < 1.29 is 23.7 Å². The largest absolute Gasteiger partial charge is 0.478 e. The summed E-state index contributed by atoms with van der Waals surface area (Å²) in [5.74, 6) is 0.548. The molecule has 0 spiro atoms. The highest BCUT2D eigenvalue weighted by Crippen LogP contribution is 2.19. The Morgan fingerprint density at radius 1 is 0.559 bits per heavy atom. The molecule has 0 saturated carbocycles. The Labute approximate surface area is 380 Å². The van der Waals surface area contributed by atoms with E-state index in [0.717, 1.165) is 47.2 Å². The Hall–Kier alpha value is -4.51. The van der Waals surface area contributed by atoms with Gasteiger partial charge >= 0.3 is 5.97 Å². The van der Waals surface area contributed by atoms with Crippen LogP contribution >= 0.6 is 69.2 Å². The second-order valence-corrected chi connectivity index (χ2v) is 17.6. The number of carbonyl (C=O) groups excluding carboxylic acids is 2. The third-order valence-electron chi connectivity index (χ3n) is 7.49. The highest BCUT2D eigenvalue weighted by Gasteiger charge is 2.12. The molecule has 3 aromatic carbocycles. The number of aromatic carboxylic acids is 1. The molecular formula is C42H41Br3Cl2N6O5S. The predicted octanol–water partition coefficient (Wildman–Crippen LogP) is 11.9. The number of rotatable bonds is 5. The molecule has 0 saturated heterocycles. The third-order valence-corrected chi connectivity index (χ3v) is 8.97. The van der Waals surface area contributed by atoms with Crippen LogP contribution in [0.15, 0.2) is 123 Å². The van der Waals surface area contributed by atoms with Gasteiger partial charge < -0.3 is 21.5 Å². The van der Waals surface area contributed by atoms with E-state index >= 15 is 0 Å². The molecule has 0 aliphatic carbocycles. The molecule has 17 heteroatoms. The summed E-state index contributed by atoms with van der Waals surface area (Å²) in [6.07, 6.45) is 0. The smallest absolute Gasteiger partial charge is 0.335 e. The Balaban J connectivity index is 0.000000273. The summed E-state index contributed by atoms with van der Waals surface area (Å²) >= 11 is 9.93. The number of nitrogens with two attached hydrogens (primary N) is 1. The number of aromatic nitrogens is 3. The van der Waals surface area contributed by atoms with Crippen LogP contribution in [0.2, 0.25) is 0 Å². The van der Waals surface area contributed by atoms with Crippen LogP contribution in [-0.4, -0.2) is 42.1 Å². The SMILES string of the molecule is Cc1ccc(Br)cc1C(=O)O.Cc1cccc(N)n1.Cc1cccc(NC(=O)c2cc(Br)ccc2C)n1.Cc1cccc(NC(=O)c2cc(Br)ccc2C)n1.O=S(Cl)Cl. The predicted molar refractivity (Wildman–Crippen MR) is 251 cm³/mol. The number of nitrogen functional groups attached to an aromatic ring is 1. The summed E-state index contributed by atoms with van der Waals surface area (Å²) in [5, 5.41) is 14.3. The number of amides is 2. The first-order chi connectivity index (χ1) is 27.7. The molecule has 0 fully saturated rings. The van der Waals surface area contributed by atoms with E-state index in [4.69, 9.17) is 15.0 Å². The molecular weight excluding hydrogens is 1010 g/mol. The third kappa shape index (κ3) is 19.9. The molecule has 0 atom stereocenters. The topological polar surface area (TPSA) is 177 Å². The van der Waals surface area contributed by atoms with Crippen LogP contribution in [-0.2, 0) is 9.23 Å². The summed E-state index contributed by atoms with van der Waals surface area (Å²) < 4.78 is 11.6. The maximum Gasteiger partial charge on any atom is 0.335 e. The van der Waals surface area contributed by atoms with Gasteiger partial charge in [0.25, 0.3) is 11.8 Å². The fourth-order valence-electron chi connectivity index (χ4n) is 4.66. The highest BCUT2D eigenvalue weighted by molar-refractivity contribution is 9.11. The van der Waals surface area contributed by atoms with Crippen LogP contribution in [0.3, 0.4) is 0 Å². The monoisotopic (exact) mass is 1050 g/mol. The maximum atomic E-state index is 12.1. The van der Waals surface area contributed by atoms with E-state index in [-0.39, 0.29) is 11.8 Å². The molecule has 0 unspecified atom stereocenters. The molecule has 6 rings (SSSR count). The number of anilines is 3. The summed E-state index contributed by atoms with van der Waals surface area (Å²) in [7, 11) is 7.36. The molecule has 5 N–H and O–H groups in total. The Kier molecular flexibility index (Phi) is 22.2. The maximum absolute atomic E-state index is 12.1. The quantitative estimate of drug-likeness (QED) is 0.122. The van der Waals surface area contributed by atoms with Crippen LogP contribution in [0.1, 0.15) is 64.8 Å². The van der Waals surface area contributed by atoms with E-state index < -0.39 is 15.2 Å². The molecule has 2 amide bonds. The molecule has 3 aromatic heterocycles. The standard InChI is InChI=1S/2C14H13BrN2O.C8H7BrO2.C6H8N2.Cl2OS/c2*1-9-6-7-11(15)8-12(9)14(18)17-13-5-3-4-10(2)16-13;1-5-2-3-6(9)4-7(5)8(10)11;1-5-3-2-4-6(7)8-5;1-4(2)3/h2*3-8H,1-2H3,(H,16,17,18);2-4H,1H3,(H,10,11);2-4H,1H3,(H2,7,8);. The first-order valence-electron chi connectivity index (χ1n) is 17.2. The van der Waals surface area contributed by atoms with Gasteiger partial charge in [-0.25, -0.2) is 24.0 Å². The average molecular weight is 1050 g/mol. The lowest BCUT2D eigenvalue weighted by atomic mass is 10.1. The van der Waals surface area contributed by atoms with Crippen molar-refractivity contribution in [2.45, 2.75) is 41.5 Å². The van der Waals surface area contributed by atoms with E-state index in [2.05, 4.69) is 94.7 Å². The summed E-state index contributed by atoms with van der Waals surface area (Å²) in [6, 6.07) is 33.1. The molecule has 0 aliphatic heterocycles. The number of aryl methyl sites for hydroxylation is 6. The van der Waals surface area contributed by atoms with Crippen molar-refractivity contribution >= 4 is 114 Å². The van der Waals surface area contributed by atoms with E-state index in [1.165, 1.54) is 0 Å². The van der Waals surface area contributed by atoms with Crippen molar-refractivity contribution in [1.29, 1.82) is 0 Å². The zero-order valence-corrected chi connectivity index (χ0v) is 39.8. The lowest BCUT2D eigenvalue weighted by Gasteiger charge is -2.08. The minimum atomic E-state index is -1.67. The number of carbonyl (C=O) groups is 3. The number of halogens is 5. The number of hydrogen-bond donors (Lipinski definition) is 4. The number of hydrogen-bond acceptors (Lipinski definition) is 8. The van der Waals surface area contributed by atoms with Crippen molar-refractivity contribution in [1.82, 2.24) is 15.0 Å². The van der Waals surface area contributed by atoms with Gasteiger partial charge in [-0.05, 0) is 131 Å². The van der Waals surface area contributed by atoms with Gasteiger partial charge in [0.15, 0.2) is 0 Å².